The Labute approximate surface area is 450 Å². The van der Waals surface area contributed by atoms with E-state index < -0.39 is 65.2 Å². The van der Waals surface area contributed by atoms with Gasteiger partial charge in [0, 0.05) is 42.3 Å². The molecule has 0 N–H and O–H groups in total. The topological polar surface area (TPSA) is 268 Å². The summed E-state index contributed by atoms with van der Waals surface area (Å²) in [4.78, 5) is 103. The van der Waals surface area contributed by atoms with Crippen molar-refractivity contribution in [1.82, 2.24) is 4.98 Å². The highest BCUT2D eigenvalue weighted by atomic mass is 32.1. The van der Waals surface area contributed by atoms with Crippen molar-refractivity contribution in [3.63, 3.8) is 0 Å². The number of carbonyl (C=O) groups excluding carboxylic acids is 7. The van der Waals surface area contributed by atoms with Crippen molar-refractivity contribution in [2.45, 2.75) is 57.8 Å². The molecular formula is C56H54N2O19S. The summed E-state index contributed by atoms with van der Waals surface area (Å²) >= 11 is 1.29. The van der Waals surface area contributed by atoms with Gasteiger partial charge in [0.25, 0.3) is 5.69 Å². The first-order valence-corrected chi connectivity index (χ1v) is 25.5. The van der Waals surface area contributed by atoms with Crippen molar-refractivity contribution in [2.75, 3.05) is 33.6 Å². The lowest BCUT2D eigenvalue weighted by Gasteiger charge is -2.26. The Morgan fingerprint density at radius 1 is 0.577 bits per heavy atom. The first-order valence-electron chi connectivity index (χ1n) is 24.6. The van der Waals surface area contributed by atoms with Gasteiger partial charge in [0.2, 0.25) is 13.6 Å². The molecule has 0 saturated heterocycles. The Hall–Kier alpha value is -8.76. The summed E-state index contributed by atoms with van der Waals surface area (Å²) in [6, 6.07) is 19.8. The van der Waals surface area contributed by atoms with Crippen LogP contribution in [-0.4, -0.2) is 85.1 Å². The van der Waals surface area contributed by atoms with Gasteiger partial charge in [-0.1, -0.05) is 25.8 Å². The maximum atomic E-state index is 13.8. The fourth-order valence-corrected chi connectivity index (χ4v) is 9.51. The van der Waals surface area contributed by atoms with Gasteiger partial charge < -0.3 is 47.4 Å². The van der Waals surface area contributed by atoms with E-state index in [-0.39, 0.29) is 73.7 Å². The van der Waals surface area contributed by atoms with Crippen LogP contribution in [0.25, 0.3) is 20.8 Å². The molecule has 0 atom stereocenters. The molecule has 0 spiro atoms. The van der Waals surface area contributed by atoms with Crippen LogP contribution in [-0.2, 0) is 58.9 Å². The summed E-state index contributed by atoms with van der Waals surface area (Å²) in [6.45, 7) is 8.64. The number of hydrogen-bond donors (Lipinski definition) is 0. The van der Waals surface area contributed by atoms with Crippen LogP contribution in [0.15, 0.2) is 117 Å². The van der Waals surface area contributed by atoms with E-state index >= 15 is 0 Å². The van der Waals surface area contributed by atoms with Gasteiger partial charge in [0.15, 0.2) is 29.8 Å². The van der Waals surface area contributed by atoms with Crippen LogP contribution in [0.4, 0.5) is 5.69 Å². The first-order chi connectivity index (χ1) is 37.7. The van der Waals surface area contributed by atoms with Crippen molar-refractivity contribution >= 4 is 68.8 Å². The molecule has 2 fully saturated rings. The molecule has 408 valence electrons. The van der Waals surface area contributed by atoms with E-state index in [0.717, 1.165) is 23.8 Å². The Bertz CT molecular complexity index is 3030. The van der Waals surface area contributed by atoms with Gasteiger partial charge in [-0.15, -0.1) is 11.3 Å². The third-order valence-corrected chi connectivity index (χ3v) is 13.8. The lowest BCUT2D eigenvalue weighted by Crippen LogP contribution is -2.30. The molecule has 0 aliphatic heterocycles. The van der Waals surface area contributed by atoms with E-state index in [2.05, 4.69) is 19.7 Å². The zero-order chi connectivity index (χ0) is 55.6. The number of esters is 6. The number of non-ortho nitro benzene ring substituents is 1. The van der Waals surface area contributed by atoms with Crippen molar-refractivity contribution in [2.24, 2.45) is 23.7 Å². The van der Waals surface area contributed by atoms with Crippen LogP contribution in [0.2, 0.25) is 0 Å². The number of ether oxygens (including phenoxy) is 10. The van der Waals surface area contributed by atoms with Gasteiger partial charge >= 0.3 is 35.8 Å². The monoisotopic (exact) mass is 1090 g/mol. The second-order valence-corrected chi connectivity index (χ2v) is 18.7. The third kappa shape index (κ3) is 15.9. The Morgan fingerprint density at radius 2 is 1.10 bits per heavy atom. The van der Waals surface area contributed by atoms with Crippen LogP contribution in [0, 0.1) is 33.8 Å². The molecular weight excluding hydrogens is 1040 g/mol. The highest BCUT2D eigenvalue weighted by Gasteiger charge is 2.34. The summed E-state index contributed by atoms with van der Waals surface area (Å²) in [6.07, 6.45) is 6.36. The van der Waals surface area contributed by atoms with Crippen molar-refractivity contribution in [1.29, 1.82) is 0 Å². The maximum absolute atomic E-state index is 13.8. The maximum Gasteiger partial charge on any atom is 0.333 e. The van der Waals surface area contributed by atoms with Crippen molar-refractivity contribution < 1.29 is 85.9 Å². The minimum absolute atomic E-state index is 0.0277. The fraction of sp³-hybridized carbons (Fsp3) is 0.321. The summed E-state index contributed by atoms with van der Waals surface area (Å²) < 4.78 is 55.0. The number of nitrogens with zero attached hydrogens (tertiary/aromatic N) is 2. The summed E-state index contributed by atoms with van der Waals surface area (Å²) in [5.74, 6) is -4.31. The molecule has 5 aromatic rings. The summed E-state index contributed by atoms with van der Waals surface area (Å²) in [5, 5.41) is 11.9. The lowest BCUT2D eigenvalue weighted by atomic mass is 9.82. The molecule has 2 aliphatic rings. The summed E-state index contributed by atoms with van der Waals surface area (Å²) in [5.41, 5.74) is 1.63. The van der Waals surface area contributed by atoms with E-state index in [0.29, 0.717) is 83.7 Å². The number of nitro benzene ring substituents is 1. The standard InChI is InChI=1S/C56H54N2O19S/c1-4-41(59)30-68-31-71-45-26-24-44(29-47(45)72-33-74-49(61)6-3)76-55(64)38-11-13-39(14-12-38)56(65)77-46-25-17-34(51-50(46)57-52(78-51)35-15-18-40(19-16-35)58(66)67)27-28-69-53(62)36-7-9-37(10-8-36)54(63)75-43-22-20-42(21-23-43)70-32-73-48(60)5-2/h4-6,15-26,29,36-39H,1-3,7-14,27-28,30-33H2. The minimum atomic E-state index is -0.735. The van der Waals surface area contributed by atoms with Crippen molar-refractivity contribution in [3.05, 3.63) is 133 Å². The molecule has 0 radical (unpaired) electrons. The smallest absolute Gasteiger partial charge is 0.333 e. The normalized spacial score (nSPS) is 16.8. The quantitative estimate of drug-likeness (QED) is 0.00730. The second kappa shape index (κ2) is 27.9. The molecule has 1 aromatic heterocycles. The fourth-order valence-electron chi connectivity index (χ4n) is 8.38. The van der Waals surface area contributed by atoms with E-state index in [9.17, 15) is 43.7 Å². The van der Waals surface area contributed by atoms with Gasteiger partial charge in [-0.2, -0.15) is 0 Å². The molecule has 2 saturated carbocycles. The zero-order valence-electron chi connectivity index (χ0n) is 42.1. The van der Waals surface area contributed by atoms with E-state index in [1.54, 1.807) is 48.5 Å². The van der Waals surface area contributed by atoms with Crippen LogP contribution in [0.1, 0.15) is 56.9 Å². The van der Waals surface area contributed by atoms with Gasteiger partial charge in [-0.05, 0) is 118 Å². The number of rotatable bonds is 26. The number of benzene rings is 4. The molecule has 0 bridgehead atoms. The number of thiazole rings is 1. The first kappa shape index (κ1) is 57.0. The average Bonchev–Trinajstić information content (AvgIpc) is 3.98. The van der Waals surface area contributed by atoms with Crippen LogP contribution < -0.4 is 28.4 Å². The number of fused-ring (bicyclic) bond motifs is 1. The lowest BCUT2D eigenvalue weighted by molar-refractivity contribution is -0.384. The van der Waals surface area contributed by atoms with Crippen LogP contribution in [0.3, 0.4) is 0 Å². The largest absolute Gasteiger partial charge is 0.465 e. The number of nitro groups is 1. The second-order valence-electron chi connectivity index (χ2n) is 17.7. The number of ketones is 1. The SMILES string of the molecule is C=CC(=O)COCOc1ccc(OC(=O)C2CCC(C(=O)Oc3ccc(CCOC(=O)C4CCC(C(=O)Oc5ccc(OCOC(=O)C=C)cc5)CC4)c4sc(-c5ccc([N+](=O)[O-])cc5)nc34)CC2)cc1OCOC(=O)C=C. The highest BCUT2D eigenvalue weighted by molar-refractivity contribution is 7.21. The van der Waals surface area contributed by atoms with Gasteiger partial charge in [0.1, 0.15) is 34.4 Å². The molecule has 4 aromatic carbocycles. The number of hydrogen-bond acceptors (Lipinski definition) is 21. The van der Waals surface area contributed by atoms with E-state index in [1.807, 2.05) is 0 Å². The van der Waals surface area contributed by atoms with Gasteiger partial charge in [0.05, 0.1) is 39.9 Å². The Morgan fingerprint density at radius 3 is 1.69 bits per heavy atom. The predicted molar refractivity (Wildman–Crippen MR) is 277 cm³/mol. The van der Waals surface area contributed by atoms with E-state index in [1.165, 1.54) is 41.7 Å². The van der Waals surface area contributed by atoms with Crippen LogP contribution >= 0.6 is 11.3 Å². The van der Waals surface area contributed by atoms with Gasteiger partial charge in [-0.3, -0.25) is 34.1 Å². The molecule has 22 heteroatoms. The Kier molecular flexibility index (Phi) is 20.3. The van der Waals surface area contributed by atoms with E-state index in [4.69, 9.17) is 52.4 Å². The molecule has 7 rings (SSSR count). The molecule has 2 aliphatic carbocycles. The highest BCUT2D eigenvalue weighted by Crippen LogP contribution is 2.40. The number of aromatic nitrogens is 1. The Balaban J connectivity index is 0.928. The third-order valence-electron chi connectivity index (χ3n) is 12.6. The molecule has 0 amide bonds. The van der Waals surface area contributed by atoms with Crippen LogP contribution in [0.5, 0.6) is 34.5 Å². The average molecular weight is 1090 g/mol. The predicted octanol–water partition coefficient (Wildman–Crippen LogP) is 8.93. The van der Waals surface area contributed by atoms with Gasteiger partial charge in [-0.25, -0.2) is 14.6 Å². The molecule has 78 heavy (non-hydrogen) atoms. The minimum Gasteiger partial charge on any atom is -0.465 e. The number of carbonyl (C=O) groups is 7. The molecule has 0 unspecified atom stereocenters. The molecule has 1 heterocycles. The zero-order valence-corrected chi connectivity index (χ0v) is 42.9. The van der Waals surface area contributed by atoms with Crippen molar-refractivity contribution in [3.8, 4) is 45.1 Å². The molecule has 21 nitrogen and oxygen atoms in total. The summed E-state index contributed by atoms with van der Waals surface area (Å²) in [7, 11) is 0.